The minimum absolute atomic E-state index is 0.124. The summed E-state index contributed by atoms with van der Waals surface area (Å²) in [6, 6.07) is 3.59. The van der Waals surface area contributed by atoms with E-state index < -0.39 is 0 Å². The average Bonchev–Trinajstić information content (AvgIpc) is 3.09. The zero-order valence-electron chi connectivity index (χ0n) is 15.9. The second-order valence-electron chi connectivity index (χ2n) is 7.70. The average molecular weight is 404 g/mol. The number of unbranched alkanes of at least 4 members (excludes halogenated alkanes) is 1. The van der Waals surface area contributed by atoms with Gasteiger partial charge in [0.2, 0.25) is 0 Å². The number of nitrogens with one attached hydrogen (secondary N) is 3. The molecule has 4 N–H and O–H groups in total. The van der Waals surface area contributed by atoms with Gasteiger partial charge in [-0.1, -0.05) is 37.4 Å². The Morgan fingerprint density at radius 1 is 1.29 bits per heavy atom. The number of halogens is 1. The van der Waals surface area contributed by atoms with Crippen molar-refractivity contribution in [1.29, 1.82) is 0 Å². The number of anilines is 1. The number of furan rings is 1. The number of amides is 1. The fourth-order valence-electron chi connectivity index (χ4n) is 4.43. The number of carbonyl (C=O) groups excluding carboxylic acids is 1. The molecule has 1 aliphatic carbocycles. The zero-order valence-corrected chi connectivity index (χ0v) is 16.6. The van der Waals surface area contributed by atoms with Crippen molar-refractivity contribution in [2.24, 2.45) is 0 Å². The van der Waals surface area contributed by atoms with Crippen LogP contribution in [0.5, 0.6) is 0 Å². The Kier molecular flexibility index (Phi) is 5.25. The fraction of sp³-hybridized carbons (Fsp3) is 0.476. The van der Waals surface area contributed by atoms with Crippen molar-refractivity contribution in [3.63, 3.8) is 0 Å². The number of hydrogen-bond donors (Lipinski definition) is 4. The summed E-state index contributed by atoms with van der Waals surface area (Å²) in [4.78, 5) is 12.5. The van der Waals surface area contributed by atoms with E-state index in [0.29, 0.717) is 23.6 Å². The van der Waals surface area contributed by atoms with E-state index in [1.165, 1.54) is 6.42 Å². The Labute approximate surface area is 169 Å². The molecule has 2 aliphatic rings. The first kappa shape index (κ1) is 19.2. The van der Waals surface area contributed by atoms with Crippen LogP contribution in [0, 0.1) is 0 Å². The maximum Gasteiger partial charge on any atom is 0.287 e. The Hall–Kier alpha value is -2.18. The lowest BCUT2D eigenvalue weighted by atomic mass is 9.74. The first-order valence-corrected chi connectivity index (χ1v) is 10.3. The SMILES string of the molecule is C=C1Nc2c(Cl)cc3cc(C(=O)NCCCCO)oc3c2C2(CCCCC2)N1. The van der Waals surface area contributed by atoms with Gasteiger partial charge in [0.1, 0.15) is 5.58 Å². The van der Waals surface area contributed by atoms with Crippen molar-refractivity contribution >= 4 is 34.2 Å². The Morgan fingerprint density at radius 3 is 2.82 bits per heavy atom. The van der Waals surface area contributed by atoms with Crippen LogP contribution in [-0.2, 0) is 5.54 Å². The summed E-state index contributed by atoms with van der Waals surface area (Å²) in [5, 5.41) is 19.9. The molecule has 1 aromatic heterocycles. The van der Waals surface area contributed by atoms with Gasteiger partial charge in [-0.2, -0.15) is 0 Å². The maximum absolute atomic E-state index is 12.5. The number of carbonyl (C=O) groups is 1. The molecule has 28 heavy (non-hydrogen) atoms. The van der Waals surface area contributed by atoms with Crippen LogP contribution in [0.3, 0.4) is 0 Å². The molecule has 150 valence electrons. The number of fused-ring (bicyclic) bond motifs is 4. The Morgan fingerprint density at radius 2 is 2.07 bits per heavy atom. The third-order valence-corrected chi connectivity index (χ3v) is 6.00. The van der Waals surface area contributed by atoms with E-state index >= 15 is 0 Å². The van der Waals surface area contributed by atoms with Crippen LogP contribution >= 0.6 is 11.6 Å². The van der Waals surface area contributed by atoms with Gasteiger partial charge < -0.3 is 25.5 Å². The molecule has 0 atom stereocenters. The number of rotatable bonds is 5. The molecule has 1 fully saturated rings. The number of benzene rings is 1. The fourth-order valence-corrected chi connectivity index (χ4v) is 4.69. The zero-order chi connectivity index (χ0) is 19.7. The van der Waals surface area contributed by atoms with Crippen molar-refractivity contribution in [2.75, 3.05) is 18.5 Å². The standard InChI is InChI=1S/C21H26ClN3O3/c1-13-24-18-15(22)11-14-12-16(20(27)23-9-5-6-10-26)28-19(14)17(18)21(25-13)7-3-2-4-8-21/h11-12,24-26H,1-10H2,(H,23,27). The van der Waals surface area contributed by atoms with Crippen LogP contribution in [0.25, 0.3) is 11.0 Å². The third kappa shape index (κ3) is 3.35. The van der Waals surface area contributed by atoms with Crippen molar-refractivity contribution in [3.05, 3.63) is 40.9 Å². The van der Waals surface area contributed by atoms with Crippen LogP contribution in [-0.4, -0.2) is 24.2 Å². The molecule has 0 radical (unpaired) electrons. The van der Waals surface area contributed by atoms with Crippen LogP contribution in [0.4, 0.5) is 5.69 Å². The van der Waals surface area contributed by atoms with E-state index in [9.17, 15) is 4.79 Å². The topological polar surface area (TPSA) is 86.5 Å². The maximum atomic E-state index is 12.5. The summed E-state index contributed by atoms with van der Waals surface area (Å²) in [5.74, 6) is 0.765. The van der Waals surface area contributed by atoms with Gasteiger partial charge >= 0.3 is 0 Å². The van der Waals surface area contributed by atoms with Crippen LogP contribution in [0.1, 0.15) is 61.1 Å². The summed E-state index contributed by atoms with van der Waals surface area (Å²) in [6.45, 7) is 4.70. The first-order chi connectivity index (χ1) is 13.5. The number of aliphatic hydroxyl groups is 1. The molecule has 1 amide bonds. The van der Waals surface area contributed by atoms with Gasteiger partial charge in [-0.3, -0.25) is 4.79 Å². The quantitative estimate of drug-likeness (QED) is 0.561. The van der Waals surface area contributed by atoms with E-state index in [1.54, 1.807) is 6.07 Å². The largest absolute Gasteiger partial charge is 0.450 e. The molecule has 0 saturated heterocycles. The minimum atomic E-state index is -0.272. The molecule has 1 aliphatic heterocycles. The van der Waals surface area contributed by atoms with Crippen molar-refractivity contribution in [2.45, 2.75) is 50.5 Å². The van der Waals surface area contributed by atoms with Gasteiger partial charge in [-0.15, -0.1) is 0 Å². The minimum Gasteiger partial charge on any atom is -0.450 e. The molecule has 1 spiro atoms. The lowest BCUT2D eigenvalue weighted by molar-refractivity contribution is 0.0926. The summed E-state index contributed by atoms with van der Waals surface area (Å²) < 4.78 is 6.07. The summed E-state index contributed by atoms with van der Waals surface area (Å²) in [7, 11) is 0. The number of aliphatic hydroxyl groups excluding tert-OH is 1. The highest BCUT2D eigenvalue weighted by Gasteiger charge is 2.42. The Balaban J connectivity index is 1.75. The highest BCUT2D eigenvalue weighted by Crippen LogP contribution is 2.49. The molecule has 2 heterocycles. The highest BCUT2D eigenvalue weighted by molar-refractivity contribution is 6.34. The van der Waals surface area contributed by atoms with Crippen molar-refractivity contribution < 1.29 is 14.3 Å². The molecule has 6 nitrogen and oxygen atoms in total. The molecular formula is C21H26ClN3O3. The molecule has 1 saturated carbocycles. The van der Waals surface area contributed by atoms with Gasteiger partial charge in [-0.25, -0.2) is 0 Å². The first-order valence-electron chi connectivity index (χ1n) is 9.94. The van der Waals surface area contributed by atoms with E-state index in [1.807, 2.05) is 6.07 Å². The molecule has 1 aromatic carbocycles. The lowest BCUT2D eigenvalue weighted by Gasteiger charge is -2.44. The van der Waals surface area contributed by atoms with Gasteiger partial charge in [0.25, 0.3) is 5.91 Å². The van der Waals surface area contributed by atoms with Gasteiger partial charge in [-0.05, 0) is 37.8 Å². The predicted molar refractivity (Wildman–Crippen MR) is 111 cm³/mol. The van der Waals surface area contributed by atoms with Crippen LogP contribution in [0.15, 0.2) is 28.9 Å². The molecule has 4 rings (SSSR count). The van der Waals surface area contributed by atoms with E-state index in [-0.39, 0.29) is 23.8 Å². The monoisotopic (exact) mass is 403 g/mol. The van der Waals surface area contributed by atoms with Gasteiger partial charge in [0, 0.05) is 24.1 Å². The highest BCUT2D eigenvalue weighted by atomic mass is 35.5. The summed E-state index contributed by atoms with van der Waals surface area (Å²) in [6.07, 6.45) is 6.77. The van der Waals surface area contributed by atoms with Gasteiger partial charge in [0.15, 0.2) is 5.76 Å². The smallest absolute Gasteiger partial charge is 0.287 e. The van der Waals surface area contributed by atoms with E-state index in [2.05, 4.69) is 22.5 Å². The summed E-state index contributed by atoms with van der Waals surface area (Å²) >= 11 is 6.60. The van der Waals surface area contributed by atoms with Crippen molar-refractivity contribution in [3.8, 4) is 0 Å². The molecular weight excluding hydrogens is 378 g/mol. The van der Waals surface area contributed by atoms with Gasteiger partial charge in [0.05, 0.1) is 22.1 Å². The third-order valence-electron chi connectivity index (χ3n) is 5.70. The molecule has 2 aromatic rings. The van der Waals surface area contributed by atoms with E-state index in [4.69, 9.17) is 21.1 Å². The second-order valence-corrected chi connectivity index (χ2v) is 8.10. The second kappa shape index (κ2) is 7.68. The number of hydrogen-bond acceptors (Lipinski definition) is 5. The Bertz CT molecular complexity index is 915. The lowest BCUT2D eigenvalue weighted by Crippen LogP contribution is -2.48. The molecule has 7 heteroatoms. The summed E-state index contributed by atoms with van der Waals surface area (Å²) in [5.41, 5.74) is 2.26. The van der Waals surface area contributed by atoms with Crippen molar-refractivity contribution in [1.82, 2.24) is 10.6 Å². The van der Waals surface area contributed by atoms with Crippen LogP contribution < -0.4 is 16.0 Å². The van der Waals surface area contributed by atoms with E-state index in [0.717, 1.165) is 54.6 Å². The van der Waals surface area contributed by atoms with Crippen LogP contribution in [0.2, 0.25) is 5.02 Å². The normalized spacial score (nSPS) is 17.9. The molecule has 0 unspecified atom stereocenters. The predicted octanol–water partition coefficient (Wildman–Crippen LogP) is 4.23. The molecule has 0 bridgehead atoms.